The van der Waals surface area contributed by atoms with E-state index in [1.807, 2.05) is 31.2 Å². The molecule has 0 fully saturated rings. The molecule has 0 aliphatic rings. The van der Waals surface area contributed by atoms with Crippen molar-refractivity contribution in [3.8, 4) is 0 Å². The van der Waals surface area contributed by atoms with E-state index in [1.54, 1.807) is 30.4 Å². The van der Waals surface area contributed by atoms with Crippen molar-refractivity contribution < 1.29 is 0 Å². The van der Waals surface area contributed by atoms with Crippen molar-refractivity contribution >= 4 is 11.8 Å². The summed E-state index contributed by atoms with van der Waals surface area (Å²) in [5, 5.41) is 0.959. The molecule has 2 rings (SSSR count). The Morgan fingerprint density at radius 3 is 2.62 bits per heavy atom. The lowest BCUT2D eigenvalue weighted by Gasteiger charge is -2.06. The largest absolute Gasteiger partial charge is 0.324 e. The van der Waals surface area contributed by atoms with E-state index in [-0.39, 0.29) is 6.04 Å². The highest BCUT2D eigenvalue weighted by atomic mass is 32.2. The molecule has 0 saturated heterocycles. The lowest BCUT2D eigenvalue weighted by molar-refractivity contribution is 0.808. The zero-order valence-electron chi connectivity index (χ0n) is 9.00. The topological polar surface area (TPSA) is 51.8 Å². The van der Waals surface area contributed by atoms with Crippen molar-refractivity contribution in [2.75, 3.05) is 0 Å². The third kappa shape index (κ3) is 2.81. The van der Waals surface area contributed by atoms with Gasteiger partial charge >= 0.3 is 0 Å². The van der Waals surface area contributed by atoms with Gasteiger partial charge in [0.15, 0.2) is 0 Å². The van der Waals surface area contributed by atoms with E-state index in [1.165, 1.54) is 0 Å². The molecule has 3 nitrogen and oxygen atoms in total. The Morgan fingerprint density at radius 1 is 1.19 bits per heavy atom. The highest BCUT2D eigenvalue weighted by Gasteiger charge is 2.03. The molecule has 0 saturated carbocycles. The van der Waals surface area contributed by atoms with Crippen LogP contribution in [0, 0.1) is 0 Å². The highest BCUT2D eigenvalue weighted by Crippen LogP contribution is 2.26. The Hall–Kier alpha value is -1.39. The van der Waals surface area contributed by atoms with E-state index in [0.29, 0.717) is 0 Å². The Balaban J connectivity index is 2.19. The van der Waals surface area contributed by atoms with Crippen LogP contribution in [0.5, 0.6) is 0 Å². The summed E-state index contributed by atoms with van der Waals surface area (Å²) in [6.45, 7) is 1.97. The van der Waals surface area contributed by atoms with Crippen LogP contribution >= 0.6 is 11.8 Å². The number of aromatic nitrogens is 2. The lowest BCUT2D eigenvalue weighted by Crippen LogP contribution is -2.04. The van der Waals surface area contributed by atoms with Crippen LogP contribution in [0.15, 0.2) is 52.8 Å². The van der Waals surface area contributed by atoms with Crippen molar-refractivity contribution in [3.63, 3.8) is 0 Å². The van der Waals surface area contributed by atoms with Crippen LogP contribution in [-0.4, -0.2) is 9.97 Å². The van der Waals surface area contributed by atoms with Gasteiger partial charge in [-0.05, 0) is 36.8 Å². The second-order valence-electron chi connectivity index (χ2n) is 3.50. The number of nitrogens with zero attached hydrogens (tertiary/aromatic N) is 2. The molecule has 2 aromatic rings. The van der Waals surface area contributed by atoms with E-state index in [9.17, 15) is 0 Å². The Morgan fingerprint density at radius 2 is 1.94 bits per heavy atom. The summed E-state index contributed by atoms with van der Waals surface area (Å²) in [5.74, 6) is 0. The maximum atomic E-state index is 5.83. The van der Waals surface area contributed by atoms with Gasteiger partial charge in [-0.2, -0.15) is 0 Å². The lowest BCUT2D eigenvalue weighted by atomic mass is 10.1. The van der Waals surface area contributed by atoms with Gasteiger partial charge in [-0.1, -0.05) is 11.8 Å². The van der Waals surface area contributed by atoms with E-state index in [2.05, 4.69) is 9.97 Å². The van der Waals surface area contributed by atoms with Gasteiger partial charge in [-0.25, -0.2) is 4.98 Å². The molecule has 0 bridgehead atoms. The molecule has 16 heavy (non-hydrogen) atoms. The molecule has 1 atom stereocenters. The Labute approximate surface area is 99.1 Å². The van der Waals surface area contributed by atoms with Crippen LogP contribution in [-0.2, 0) is 0 Å². The van der Waals surface area contributed by atoms with E-state index < -0.39 is 0 Å². The molecule has 1 unspecified atom stereocenters. The average Bonchev–Trinajstić information content (AvgIpc) is 2.30. The highest BCUT2D eigenvalue weighted by molar-refractivity contribution is 7.99. The van der Waals surface area contributed by atoms with Gasteiger partial charge in [0.05, 0.1) is 0 Å². The van der Waals surface area contributed by atoms with Crippen molar-refractivity contribution in [2.45, 2.75) is 22.9 Å². The van der Waals surface area contributed by atoms with Crippen LogP contribution in [0.1, 0.15) is 18.5 Å². The third-order valence-electron chi connectivity index (χ3n) is 2.16. The van der Waals surface area contributed by atoms with E-state index in [0.717, 1.165) is 15.5 Å². The normalized spacial score (nSPS) is 12.4. The zero-order chi connectivity index (χ0) is 11.4. The molecular formula is C12H13N3S. The minimum absolute atomic E-state index is 0.0415. The minimum atomic E-state index is 0.0415. The van der Waals surface area contributed by atoms with Gasteiger partial charge in [-0.3, -0.25) is 4.98 Å². The standard InChI is InChI=1S/C12H13N3S/c1-9(13)10-2-7-15-12(8-10)16-11-3-5-14-6-4-11/h2-9H,13H2,1H3. The van der Waals surface area contributed by atoms with Crippen molar-refractivity contribution in [1.29, 1.82) is 0 Å². The number of pyridine rings is 2. The van der Waals surface area contributed by atoms with Crippen LogP contribution in [0.4, 0.5) is 0 Å². The predicted octanol–water partition coefficient (Wildman–Crippen LogP) is 2.65. The Kier molecular flexibility index (Phi) is 3.54. The number of nitrogens with two attached hydrogens (primary N) is 1. The Bertz CT molecular complexity index is 457. The third-order valence-corrected chi connectivity index (χ3v) is 3.10. The van der Waals surface area contributed by atoms with Crippen molar-refractivity contribution in [2.24, 2.45) is 5.73 Å². The molecule has 0 spiro atoms. The molecular weight excluding hydrogens is 218 g/mol. The fraction of sp³-hybridized carbons (Fsp3) is 0.167. The molecule has 0 aromatic carbocycles. The maximum Gasteiger partial charge on any atom is 0.101 e. The summed E-state index contributed by atoms with van der Waals surface area (Å²) < 4.78 is 0. The molecule has 2 aromatic heterocycles. The minimum Gasteiger partial charge on any atom is -0.324 e. The van der Waals surface area contributed by atoms with E-state index >= 15 is 0 Å². The zero-order valence-corrected chi connectivity index (χ0v) is 9.82. The second-order valence-corrected chi connectivity index (χ2v) is 4.59. The van der Waals surface area contributed by atoms with E-state index in [4.69, 9.17) is 5.73 Å². The smallest absolute Gasteiger partial charge is 0.101 e. The fourth-order valence-corrected chi connectivity index (χ4v) is 2.10. The summed E-state index contributed by atoms with van der Waals surface area (Å²) in [4.78, 5) is 9.41. The first kappa shape index (κ1) is 11.1. The summed E-state index contributed by atoms with van der Waals surface area (Å²) in [7, 11) is 0. The summed E-state index contributed by atoms with van der Waals surface area (Å²) in [5.41, 5.74) is 6.93. The fourth-order valence-electron chi connectivity index (χ4n) is 1.29. The average molecular weight is 231 g/mol. The van der Waals surface area contributed by atoms with Gasteiger partial charge in [-0.15, -0.1) is 0 Å². The number of rotatable bonds is 3. The molecule has 2 heterocycles. The van der Waals surface area contributed by atoms with Crippen LogP contribution in [0.2, 0.25) is 0 Å². The SMILES string of the molecule is CC(N)c1ccnc(Sc2ccncc2)c1. The van der Waals surface area contributed by atoms with Crippen molar-refractivity contribution in [1.82, 2.24) is 9.97 Å². The summed E-state index contributed by atoms with van der Waals surface area (Å²) >= 11 is 1.61. The van der Waals surface area contributed by atoms with Crippen LogP contribution in [0.25, 0.3) is 0 Å². The molecule has 0 aliphatic heterocycles. The molecule has 2 N–H and O–H groups in total. The van der Waals surface area contributed by atoms with Crippen LogP contribution in [0.3, 0.4) is 0 Å². The summed E-state index contributed by atoms with van der Waals surface area (Å²) in [6.07, 6.45) is 5.34. The molecule has 82 valence electrons. The maximum absolute atomic E-state index is 5.83. The monoisotopic (exact) mass is 231 g/mol. The summed E-state index contributed by atoms with van der Waals surface area (Å²) in [6, 6.07) is 7.94. The predicted molar refractivity (Wildman–Crippen MR) is 65.2 cm³/mol. The second kappa shape index (κ2) is 5.09. The molecule has 0 radical (unpaired) electrons. The quantitative estimate of drug-likeness (QED) is 0.882. The van der Waals surface area contributed by atoms with Gasteiger partial charge in [0, 0.05) is 29.5 Å². The van der Waals surface area contributed by atoms with Crippen LogP contribution < -0.4 is 5.73 Å². The van der Waals surface area contributed by atoms with Gasteiger partial charge in [0.25, 0.3) is 0 Å². The number of hydrogen-bond acceptors (Lipinski definition) is 4. The molecule has 4 heteroatoms. The number of hydrogen-bond donors (Lipinski definition) is 1. The first-order chi connectivity index (χ1) is 7.75. The van der Waals surface area contributed by atoms with Gasteiger partial charge in [0.1, 0.15) is 5.03 Å². The first-order valence-corrected chi connectivity index (χ1v) is 5.87. The molecule has 0 amide bonds. The van der Waals surface area contributed by atoms with Gasteiger partial charge in [0.2, 0.25) is 0 Å². The van der Waals surface area contributed by atoms with Crippen molar-refractivity contribution in [3.05, 3.63) is 48.4 Å². The molecule has 0 aliphatic carbocycles. The van der Waals surface area contributed by atoms with Gasteiger partial charge < -0.3 is 5.73 Å². The first-order valence-electron chi connectivity index (χ1n) is 5.05.